The zero-order chi connectivity index (χ0) is 21.9. The Morgan fingerprint density at radius 2 is 1.66 bits per heavy atom. The van der Waals surface area contributed by atoms with Gasteiger partial charge in [-0.1, -0.05) is 61.7 Å². The second kappa shape index (κ2) is 9.45. The Balaban J connectivity index is 1.20. The van der Waals surface area contributed by atoms with Gasteiger partial charge in [0.05, 0.1) is 11.1 Å². The summed E-state index contributed by atoms with van der Waals surface area (Å²) in [6.07, 6.45) is 7.71. The third-order valence-electron chi connectivity index (χ3n) is 7.40. The topological polar surface area (TPSA) is 52.7 Å². The summed E-state index contributed by atoms with van der Waals surface area (Å²) in [5, 5.41) is 3.23. The monoisotopic (exact) mass is 431 g/mol. The largest absolute Gasteiger partial charge is 0.349 e. The maximum Gasteiger partial charge on any atom is 0.255 e. The molecule has 3 aliphatic rings. The number of hydrogen-bond donors (Lipinski definition) is 1. The molecule has 5 rings (SSSR count). The quantitative estimate of drug-likeness (QED) is 0.765. The average molecular weight is 432 g/mol. The van der Waals surface area contributed by atoms with E-state index < -0.39 is 0 Å². The van der Waals surface area contributed by atoms with Gasteiger partial charge in [-0.3, -0.25) is 14.5 Å². The number of amides is 2. The molecule has 2 fully saturated rings. The Labute approximate surface area is 190 Å². The first-order valence-electron chi connectivity index (χ1n) is 12.2. The molecule has 32 heavy (non-hydrogen) atoms. The van der Waals surface area contributed by atoms with Crippen LogP contribution in [0.25, 0.3) is 0 Å². The number of benzene rings is 2. The van der Waals surface area contributed by atoms with E-state index >= 15 is 0 Å². The Hall–Kier alpha value is -2.66. The lowest BCUT2D eigenvalue weighted by molar-refractivity contribution is 0.0656. The van der Waals surface area contributed by atoms with E-state index in [0.717, 1.165) is 50.9 Å². The van der Waals surface area contributed by atoms with E-state index in [1.165, 1.54) is 24.8 Å². The van der Waals surface area contributed by atoms with Crippen LogP contribution in [0.2, 0.25) is 0 Å². The van der Waals surface area contributed by atoms with Crippen molar-refractivity contribution in [2.24, 2.45) is 0 Å². The van der Waals surface area contributed by atoms with E-state index in [1.807, 2.05) is 29.2 Å². The highest BCUT2D eigenvalue weighted by atomic mass is 16.2. The van der Waals surface area contributed by atoms with Crippen LogP contribution in [0.3, 0.4) is 0 Å². The Morgan fingerprint density at radius 3 is 2.41 bits per heavy atom. The normalized spacial score (nSPS) is 20.4. The Kier molecular flexibility index (Phi) is 6.26. The molecule has 1 saturated heterocycles. The molecule has 0 unspecified atom stereocenters. The van der Waals surface area contributed by atoms with Gasteiger partial charge in [0.15, 0.2) is 0 Å². The van der Waals surface area contributed by atoms with Crippen molar-refractivity contribution in [2.45, 2.75) is 70.1 Å². The van der Waals surface area contributed by atoms with Crippen molar-refractivity contribution in [3.05, 3.63) is 70.8 Å². The second-order valence-corrected chi connectivity index (χ2v) is 9.57. The van der Waals surface area contributed by atoms with Gasteiger partial charge in [-0.05, 0) is 42.9 Å². The van der Waals surface area contributed by atoms with Gasteiger partial charge in [-0.15, -0.1) is 0 Å². The molecule has 5 nitrogen and oxygen atoms in total. The fourth-order valence-electron chi connectivity index (χ4n) is 5.60. The fourth-order valence-corrected chi connectivity index (χ4v) is 5.60. The van der Waals surface area contributed by atoms with E-state index in [0.29, 0.717) is 23.7 Å². The van der Waals surface area contributed by atoms with Crippen LogP contribution < -0.4 is 5.32 Å². The van der Waals surface area contributed by atoms with Gasteiger partial charge in [0.2, 0.25) is 0 Å². The van der Waals surface area contributed by atoms with Crippen LogP contribution in [0.5, 0.6) is 0 Å². The average Bonchev–Trinajstić information content (AvgIpc) is 3.18. The molecule has 2 heterocycles. The molecule has 5 heteroatoms. The molecule has 168 valence electrons. The summed E-state index contributed by atoms with van der Waals surface area (Å²) in [6, 6.07) is 16.8. The number of nitrogens with zero attached hydrogens (tertiary/aromatic N) is 2. The second-order valence-electron chi connectivity index (χ2n) is 9.57. The molecule has 1 N–H and O–H groups in total. The summed E-state index contributed by atoms with van der Waals surface area (Å²) in [7, 11) is 0. The molecule has 1 aliphatic carbocycles. The SMILES string of the molecule is O=C(NC1CCN(Cc2ccccc2)CC1)c1cccc2c1C(=O)N(C1CCCCC1)C2. The molecular weight excluding hydrogens is 398 g/mol. The van der Waals surface area contributed by atoms with Crippen LogP contribution in [0, 0.1) is 0 Å². The number of fused-ring (bicyclic) bond motifs is 1. The third kappa shape index (κ3) is 4.44. The number of carbonyl (C=O) groups excluding carboxylic acids is 2. The van der Waals surface area contributed by atoms with Gasteiger partial charge in [0, 0.05) is 38.3 Å². The number of likely N-dealkylation sites (tertiary alicyclic amines) is 1. The first-order valence-corrected chi connectivity index (χ1v) is 12.2. The maximum absolute atomic E-state index is 13.3. The molecule has 2 aliphatic heterocycles. The number of nitrogens with one attached hydrogen (secondary N) is 1. The molecule has 2 aromatic rings. The Bertz CT molecular complexity index is 960. The van der Waals surface area contributed by atoms with Gasteiger partial charge in [-0.2, -0.15) is 0 Å². The highest BCUT2D eigenvalue weighted by Crippen LogP contribution is 2.32. The Morgan fingerprint density at radius 1 is 0.906 bits per heavy atom. The molecule has 0 atom stereocenters. The van der Waals surface area contributed by atoms with Crippen molar-refractivity contribution >= 4 is 11.8 Å². The molecule has 0 spiro atoms. The van der Waals surface area contributed by atoms with E-state index in [9.17, 15) is 9.59 Å². The van der Waals surface area contributed by atoms with Crippen molar-refractivity contribution in [3.8, 4) is 0 Å². The first kappa shape index (κ1) is 21.2. The predicted molar refractivity (Wildman–Crippen MR) is 125 cm³/mol. The molecule has 1 saturated carbocycles. The van der Waals surface area contributed by atoms with Gasteiger partial charge < -0.3 is 10.2 Å². The molecule has 0 aromatic heterocycles. The van der Waals surface area contributed by atoms with E-state index in [1.54, 1.807) is 0 Å². The van der Waals surface area contributed by atoms with Crippen molar-refractivity contribution in [1.29, 1.82) is 0 Å². The third-order valence-corrected chi connectivity index (χ3v) is 7.40. The summed E-state index contributed by atoms with van der Waals surface area (Å²) in [5.41, 5.74) is 3.52. The minimum Gasteiger partial charge on any atom is -0.349 e. The molecule has 0 bridgehead atoms. The zero-order valence-electron chi connectivity index (χ0n) is 18.8. The first-order chi connectivity index (χ1) is 15.7. The van der Waals surface area contributed by atoms with Gasteiger partial charge >= 0.3 is 0 Å². The summed E-state index contributed by atoms with van der Waals surface area (Å²) in [5.74, 6) is -0.0440. The predicted octanol–water partition coefficient (Wildman–Crippen LogP) is 4.37. The fraction of sp³-hybridized carbons (Fsp3) is 0.481. The van der Waals surface area contributed by atoms with E-state index in [4.69, 9.17) is 0 Å². The van der Waals surface area contributed by atoms with Gasteiger partial charge in [-0.25, -0.2) is 0 Å². The molecule has 2 aromatic carbocycles. The molecule has 0 radical (unpaired) electrons. The minimum atomic E-state index is -0.0952. The van der Waals surface area contributed by atoms with Crippen molar-refractivity contribution < 1.29 is 9.59 Å². The molecular formula is C27H33N3O2. The van der Waals surface area contributed by atoms with Crippen molar-refractivity contribution in [2.75, 3.05) is 13.1 Å². The standard InChI is InChI=1S/C27H33N3O2/c31-26(28-22-14-16-29(17-15-22)18-20-8-3-1-4-9-20)24-13-7-10-21-19-30(27(32)25(21)24)23-11-5-2-6-12-23/h1,3-4,7-10,13,22-23H,2,5-6,11-12,14-19H2,(H,28,31). The van der Waals surface area contributed by atoms with Gasteiger partial charge in [0.1, 0.15) is 0 Å². The number of carbonyl (C=O) groups is 2. The van der Waals surface area contributed by atoms with Crippen LogP contribution in [-0.4, -0.2) is 46.8 Å². The highest BCUT2D eigenvalue weighted by molar-refractivity contribution is 6.09. The maximum atomic E-state index is 13.3. The summed E-state index contributed by atoms with van der Waals surface area (Å²) in [4.78, 5) is 30.9. The number of piperidine rings is 1. The van der Waals surface area contributed by atoms with Crippen LogP contribution in [0.1, 0.15) is 76.8 Å². The summed E-state index contributed by atoms with van der Waals surface area (Å²) in [6.45, 7) is 3.55. The van der Waals surface area contributed by atoms with E-state index in [2.05, 4.69) is 34.5 Å². The van der Waals surface area contributed by atoms with E-state index in [-0.39, 0.29) is 17.9 Å². The van der Waals surface area contributed by atoms with Crippen LogP contribution >= 0.6 is 0 Å². The van der Waals surface area contributed by atoms with Gasteiger partial charge in [0.25, 0.3) is 11.8 Å². The lowest BCUT2D eigenvalue weighted by Crippen LogP contribution is -2.44. The number of rotatable bonds is 5. The lowest BCUT2D eigenvalue weighted by Gasteiger charge is -2.32. The number of hydrogen-bond acceptors (Lipinski definition) is 3. The van der Waals surface area contributed by atoms with Crippen LogP contribution in [0.4, 0.5) is 0 Å². The molecule has 2 amide bonds. The van der Waals surface area contributed by atoms with Crippen LogP contribution in [-0.2, 0) is 13.1 Å². The highest BCUT2D eigenvalue weighted by Gasteiger charge is 2.36. The zero-order valence-corrected chi connectivity index (χ0v) is 18.8. The summed E-state index contributed by atoms with van der Waals surface area (Å²) < 4.78 is 0. The summed E-state index contributed by atoms with van der Waals surface area (Å²) >= 11 is 0. The van der Waals surface area contributed by atoms with Crippen molar-refractivity contribution in [3.63, 3.8) is 0 Å². The van der Waals surface area contributed by atoms with Crippen LogP contribution in [0.15, 0.2) is 48.5 Å². The minimum absolute atomic E-state index is 0.0512. The smallest absolute Gasteiger partial charge is 0.255 e. The van der Waals surface area contributed by atoms with Crippen molar-refractivity contribution in [1.82, 2.24) is 15.1 Å². The lowest BCUT2D eigenvalue weighted by atomic mass is 9.94.